The van der Waals surface area contributed by atoms with Gasteiger partial charge in [-0.1, -0.05) is 31.9 Å². The minimum atomic E-state index is -4.36. The summed E-state index contributed by atoms with van der Waals surface area (Å²) in [6.07, 6.45) is -1.20. The molecule has 0 saturated carbocycles. The molecule has 0 unspecified atom stereocenters. The molecule has 0 atom stereocenters. The number of alkyl halides is 4. The molecular weight excluding hydrogens is 377 g/mol. The van der Waals surface area contributed by atoms with Crippen LogP contribution in [0.2, 0.25) is 0 Å². The highest BCUT2D eigenvalue weighted by Crippen LogP contribution is 2.32. The van der Waals surface area contributed by atoms with Crippen molar-refractivity contribution < 1.29 is 13.2 Å². The zero-order valence-corrected chi connectivity index (χ0v) is 12.1. The number of halogens is 5. The lowest BCUT2D eigenvalue weighted by Gasteiger charge is -2.10. The Morgan fingerprint density at radius 3 is 2.50 bits per heavy atom. The van der Waals surface area contributed by atoms with Crippen molar-refractivity contribution in [3.05, 3.63) is 46.5 Å². The van der Waals surface area contributed by atoms with E-state index in [1.54, 1.807) is 16.8 Å². The SMILES string of the molecule is FC(F)(F)c1cc(Br)cc(-n2cnc(CBr)c2)c1. The summed E-state index contributed by atoms with van der Waals surface area (Å²) >= 11 is 6.32. The van der Waals surface area contributed by atoms with Crippen LogP contribution >= 0.6 is 31.9 Å². The molecule has 1 aromatic carbocycles. The molecule has 2 aromatic rings. The monoisotopic (exact) mass is 382 g/mol. The summed E-state index contributed by atoms with van der Waals surface area (Å²) in [5.74, 6) is 0. The van der Waals surface area contributed by atoms with Gasteiger partial charge in [0.05, 0.1) is 17.6 Å². The largest absolute Gasteiger partial charge is 0.416 e. The Morgan fingerprint density at radius 2 is 1.94 bits per heavy atom. The van der Waals surface area contributed by atoms with Crippen molar-refractivity contribution in [2.24, 2.45) is 0 Å². The first-order valence-electron chi connectivity index (χ1n) is 4.87. The number of benzene rings is 1. The molecule has 0 amide bonds. The molecule has 18 heavy (non-hydrogen) atoms. The van der Waals surface area contributed by atoms with E-state index in [-0.39, 0.29) is 0 Å². The predicted octanol–water partition coefficient (Wildman–Crippen LogP) is 4.55. The molecule has 0 bridgehead atoms. The number of hydrogen-bond donors (Lipinski definition) is 0. The summed E-state index contributed by atoms with van der Waals surface area (Å²) in [7, 11) is 0. The lowest BCUT2D eigenvalue weighted by molar-refractivity contribution is -0.137. The fourth-order valence-electron chi connectivity index (χ4n) is 1.46. The molecule has 1 heterocycles. The molecular formula is C11H7Br2F3N2. The average molecular weight is 384 g/mol. The van der Waals surface area contributed by atoms with Gasteiger partial charge in [-0.15, -0.1) is 0 Å². The summed E-state index contributed by atoms with van der Waals surface area (Å²) < 4.78 is 40.0. The first-order valence-corrected chi connectivity index (χ1v) is 6.78. The minimum Gasteiger partial charge on any atom is -0.306 e. The van der Waals surface area contributed by atoms with E-state index < -0.39 is 11.7 Å². The lowest BCUT2D eigenvalue weighted by atomic mass is 10.2. The number of imidazole rings is 1. The molecule has 1 aromatic heterocycles. The number of hydrogen-bond acceptors (Lipinski definition) is 1. The van der Waals surface area contributed by atoms with Crippen LogP contribution in [0.25, 0.3) is 5.69 Å². The molecule has 0 fully saturated rings. The summed E-state index contributed by atoms with van der Waals surface area (Å²) in [5, 5.41) is 0.556. The standard InChI is InChI=1S/C11H7Br2F3N2/c12-4-9-5-18(6-17-9)10-2-7(11(14,15)16)1-8(13)3-10/h1-3,5-6H,4H2. The van der Waals surface area contributed by atoms with Gasteiger partial charge in [-0.25, -0.2) is 4.98 Å². The van der Waals surface area contributed by atoms with Gasteiger partial charge in [0.15, 0.2) is 0 Å². The highest BCUT2D eigenvalue weighted by Gasteiger charge is 2.31. The van der Waals surface area contributed by atoms with E-state index in [0.29, 0.717) is 15.5 Å². The Balaban J connectivity index is 2.48. The van der Waals surface area contributed by atoms with E-state index in [4.69, 9.17) is 0 Å². The number of aromatic nitrogens is 2. The molecule has 0 aliphatic carbocycles. The topological polar surface area (TPSA) is 17.8 Å². The fourth-order valence-corrected chi connectivity index (χ4v) is 2.23. The smallest absolute Gasteiger partial charge is 0.306 e. The van der Waals surface area contributed by atoms with Gasteiger partial charge in [0.25, 0.3) is 0 Å². The minimum absolute atomic E-state index is 0.376. The Morgan fingerprint density at radius 1 is 1.22 bits per heavy atom. The summed E-state index contributed by atoms with van der Waals surface area (Å²) in [5.41, 5.74) is 0.473. The van der Waals surface area contributed by atoms with E-state index in [1.165, 1.54) is 6.33 Å². The van der Waals surface area contributed by atoms with Gasteiger partial charge in [-0.05, 0) is 18.2 Å². The quantitative estimate of drug-likeness (QED) is 0.695. The van der Waals surface area contributed by atoms with Crippen molar-refractivity contribution in [3.63, 3.8) is 0 Å². The zero-order chi connectivity index (χ0) is 13.3. The van der Waals surface area contributed by atoms with E-state index in [0.717, 1.165) is 17.8 Å². The van der Waals surface area contributed by atoms with E-state index >= 15 is 0 Å². The Labute approximate surface area is 118 Å². The van der Waals surface area contributed by atoms with Crippen LogP contribution in [-0.2, 0) is 11.5 Å². The summed E-state index contributed by atoms with van der Waals surface area (Å²) in [6, 6.07) is 3.74. The van der Waals surface area contributed by atoms with Crippen LogP contribution in [0, 0.1) is 0 Å². The van der Waals surface area contributed by atoms with Crippen molar-refractivity contribution in [1.82, 2.24) is 9.55 Å². The zero-order valence-electron chi connectivity index (χ0n) is 8.88. The van der Waals surface area contributed by atoms with E-state index in [2.05, 4.69) is 36.8 Å². The van der Waals surface area contributed by atoms with Crippen molar-refractivity contribution in [2.75, 3.05) is 0 Å². The highest BCUT2D eigenvalue weighted by atomic mass is 79.9. The van der Waals surface area contributed by atoms with Crippen molar-refractivity contribution >= 4 is 31.9 Å². The number of rotatable bonds is 2. The van der Waals surface area contributed by atoms with Crippen LogP contribution in [0.1, 0.15) is 11.3 Å². The molecule has 96 valence electrons. The molecule has 2 rings (SSSR count). The van der Waals surface area contributed by atoms with Gasteiger partial charge in [0, 0.05) is 21.7 Å². The normalized spacial score (nSPS) is 11.8. The highest BCUT2D eigenvalue weighted by molar-refractivity contribution is 9.10. The molecule has 0 aliphatic heterocycles. The van der Waals surface area contributed by atoms with Crippen molar-refractivity contribution in [2.45, 2.75) is 11.5 Å². The fraction of sp³-hybridized carbons (Fsp3) is 0.182. The van der Waals surface area contributed by atoms with E-state index in [1.807, 2.05) is 0 Å². The van der Waals surface area contributed by atoms with Gasteiger partial charge < -0.3 is 4.57 Å². The second kappa shape index (κ2) is 5.05. The van der Waals surface area contributed by atoms with Gasteiger partial charge in [0.1, 0.15) is 0 Å². The van der Waals surface area contributed by atoms with Gasteiger partial charge in [-0.3, -0.25) is 0 Å². The lowest BCUT2D eigenvalue weighted by Crippen LogP contribution is -2.06. The molecule has 0 N–H and O–H groups in total. The second-order valence-corrected chi connectivity index (χ2v) is 5.08. The second-order valence-electron chi connectivity index (χ2n) is 3.60. The van der Waals surface area contributed by atoms with Crippen LogP contribution in [0.15, 0.2) is 35.2 Å². The van der Waals surface area contributed by atoms with Crippen molar-refractivity contribution in [1.29, 1.82) is 0 Å². The predicted molar refractivity (Wildman–Crippen MR) is 68.9 cm³/mol. The van der Waals surface area contributed by atoms with Crippen LogP contribution in [0.5, 0.6) is 0 Å². The molecule has 0 saturated heterocycles. The van der Waals surface area contributed by atoms with E-state index in [9.17, 15) is 13.2 Å². The van der Waals surface area contributed by atoms with Crippen LogP contribution in [0.3, 0.4) is 0 Å². The Kier molecular flexibility index (Phi) is 3.82. The molecule has 2 nitrogen and oxygen atoms in total. The maximum atomic E-state index is 12.7. The van der Waals surface area contributed by atoms with Crippen LogP contribution in [-0.4, -0.2) is 9.55 Å². The third-order valence-corrected chi connectivity index (χ3v) is 3.31. The van der Waals surface area contributed by atoms with Gasteiger partial charge in [0.2, 0.25) is 0 Å². The van der Waals surface area contributed by atoms with Crippen LogP contribution in [0.4, 0.5) is 13.2 Å². The maximum absolute atomic E-state index is 12.7. The summed E-state index contributed by atoms with van der Waals surface area (Å²) in [4.78, 5) is 4.05. The Hall–Kier alpha value is -0.820. The maximum Gasteiger partial charge on any atom is 0.416 e. The van der Waals surface area contributed by atoms with Crippen LogP contribution < -0.4 is 0 Å². The van der Waals surface area contributed by atoms with Crippen molar-refractivity contribution in [3.8, 4) is 5.69 Å². The first kappa shape index (κ1) is 13.6. The molecule has 0 radical (unpaired) electrons. The summed E-state index contributed by atoms with van der Waals surface area (Å²) in [6.45, 7) is 0. The number of nitrogens with zero attached hydrogens (tertiary/aromatic N) is 2. The molecule has 0 spiro atoms. The van der Waals surface area contributed by atoms with Gasteiger partial charge in [-0.2, -0.15) is 13.2 Å². The molecule has 7 heteroatoms. The average Bonchev–Trinajstić information content (AvgIpc) is 2.75. The molecule has 0 aliphatic rings. The Bertz CT molecular complexity index is 564. The third kappa shape index (κ3) is 2.95. The first-order chi connectivity index (χ1) is 8.40. The van der Waals surface area contributed by atoms with Gasteiger partial charge >= 0.3 is 6.18 Å². The third-order valence-electron chi connectivity index (χ3n) is 2.28.